The Labute approximate surface area is 117 Å². The number of rotatable bonds is 3. The summed E-state index contributed by atoms with van der Waals surface area (Å²) in [6.07, 6.45) is 2.44. The fraction of sp³-hybridized carbons (Fsp3) is 0.429. The number of nitrogens with one attached hydrogen (secondary N) is 1. The molecule has 1 aromatic carbocycles. The molecule has 0 unspecified atom stereocenters. The average molecular weight is 281 g/mol. The molecule has 1 aromatic rings. The maximum Gasteiger partial charge on any atom is 0.255 e. The van der Waals surface area contributed by atoms with E-state index in [0.29, 0.717) is 22.7 Å². The van der Waals surface area contributed by atoms with Crippen molar-refractivity contribution in [2.75, 3.05) is 18.4 Å². The summed E-state index contributed by atoms with van der Waals surface area (Å²) in [7, 11) is 0. The topological polar surface area (TPSA) is 49.4 Å². The predicted octanol–water partition coefficient (Wildman–Crippen LogP) is 2.92. The van der Waals surface area contributed by atoms with Gasteiger partial charge in [-0.25, -0.2) is 0 Å². The third-order valence-electron chi connectivity index (χ3n) is 3.20. The van der Waals surface area contributed by atoms with Crippen LogP contribution in [0.2, 0.25) is 5.02 Å². The van der Waals surface area contributed by atoms with Gasteiger partial charge in [-0.1, -0.05) is 18.5 Å². The van der Waals surface area contributed by atoms with E-state index in [-0.39, 0.29) is 11.8 Å². The molecule has 1 saturated heterocycles. The van der Waals surface area contributed by atoms with E-state index in [2.05, 4.69) is 5.32 Å². The van der Waals surface area contributed by atoms with Crippen LogP contribution in [0.5, 0.6) is 0 Å². The zero-order valence-electron chi connectivity index (χ0n) is 10.9. The molecule has 0 radical (unpaired) electrons. The Kier molecular flexibility index (Phi) is 4.43. The number of amides is 2. The molecule has 0 saturated carbocycles. The number of likely N-dealkylation sites (tertiary alicyclic amines) is 1. The molecule has 0 bridgehead atoms. The van der Waals surface area contributed by atoms with Crippen molar-refractivity contribution < 1.29 is 9.59 Å². The number of nitrogens with zero attached hydrogens (tertiary/aromatic N) is 1. The van der Waals surface area contributed by atoms with Crippen LogP contribution in [0.15, 0.2) is 18.2 Å². The summed E-state index contributed by atoms with van der Waals surface area (Å²) in [4.78, 5) is 25.7. The molecule has 2 amide bonds. The molecule has 1 aliphatic heterocycles. The minimum absolute atomic E-state index is 0.0411. The Bertz CT molecular complexity index is 496. The van der Waals surface area contributed by atoms with E-state index in [0.717, 1.165) is 25.9 Å². The molecule has 2 rings (SSSR count). The van der Waals surface area contributed by atoms with E-state index < -0.39 is 0 Å². The maximum absolute atomic E-state index is 12.4. The minimum Gasteiger partial charge on any atom is -0.339 e. The normalized spacial score (nSPS) is 14.5. The molecule has 102 valence electrons. The third kappa shape index (κ3) is 3.26. The zero-order valence-corrected chi connectivity index (χ0v) is 11.7. The van der Waals surface area contributed by atoms with Crippen LogP contribution >= 0.6 is 11.6 Å². The van der Waals surface area contributed by atoms with E-state index in [1.807, 2.05) is 4.90 Å². The predicted molar refractivity (Wildman–Crippen MR) is 75.5 cm³/mol. The van der Waals surface area contributed by atoms with Crippen LogP contribution in [-0.2, 0) is 4.79 Å². The first-order chi connectivity index (χ1) is 9.11. The highest BCUT2D eigenvalue weighted by atomic mass is 35.5. The Hall–Kier alpha value is -1.55. The second-order valence-electron chi connectivity index (χ2n) is 4.59. The highest BCUT2D eigenvalue weighted by Crippen LogP contribution is 2.24. The van der Waals surface area contributed by atoms with Gasteiger partial charge in [0, 0.05) is 24.5 Å². The van der Waals surface area contributed by atoms with Gasteiger partial charge in [0.05, 0.1) is 11.3 Å². The highest BCUT2D eigenvalue weighted by Gasteiger charge is 2.22. The standard InChI is InChI=1S/C14H17ClN2O2/c1-2-13(18)16-12-9-10(15)5-6-11(12)14(19)17-7-3-4-8-17/h5-6,9H,2-4,7-8H2,1H3,(H,16,18). The number of carbonyl (C=O) groups is 2. The Balaban J connectivity index is 2.27. The van der Waals surface area contributed by atoms with Crippen molar-refractivity contribution in [3.63, 3.8) is 0 Å². The summed E-state index contributed by atoms with van der Waals surface area (Å²) in [5, 5.41) is 3.24. The zero-order chi connectivity index (χ0) is 13.8. The molecule has 19 heavy (non-hydrogen) atoms. The van der Waals surface area contributed by atoms with Gasteiger partial charge in [-0.2, -0.15) is 0 Å². The minimum atomic E-state index is -0.127. The fourth-order valence-electron chi connectivity index (χ4n) is 2.14. The van der Waals surface area contributed by atoms with E-state index in [9.17, 15) is 9.59 Å². The van der Waals surface area contributed by atoms with Crippen LogP contribution in [0.4, 0.5) is 5.69 Å². The summed E-state index contributed by atoms with van der Waals surface area (Å²) in [5.74, 6) is -0.168. The van der Waals surface area contributed by atoms with Crippen molar-refractivity contribution in [3.05, 3.63) is 28.8 Å². The van der Waals surface area contributed by atoms with Crippen LogP contribution in [-0.4, -0.2) is 29.8 Å². The average Bonchev–Trinajstić information content (AvgIpc) is 2.92. The lowest BCUT2D eigenvalue weighted by atomic mass is 10.1. The Morgan fingerprint density at radius 3 is 2.63 bits per heavy atom. The third-order valence-corrected chi connectivity index (χ3v) is 3.44. The summed E-state index contributed by atoms with van der Waals surface area (Å²) >= 11 is 5.93. The summed E-state index contributed by atoms with van der Waals surface area (Å²) in [5.41, 5.74) is 1.00. The second kappa shape index (κ2) is 6.06. The van der Waals surface area contributed by atoms with Crippen molar-refractivity contribution in [2.45, 2.75) is 26.2 Å². The van der Waals surface area contributed by atoms with E-state index >= 15 is 0 Å². The molecule has 1 fully saturated rings. The number of anilines is 1. The van der Waals surface area contributed by atoms with Crippen molar-refractivity contribution >= 4 is 29.1 Å². The van der Waals surface area contributed by atoms with Gasteiger partial charge >= 0.3 is 0 Å². The first kappa shape index (κ1) is 13.9. The molecular formula is C14H17ClN2O2. The Morgan fingerprint density at radius 2 is 2.00 bits per heavy atom. The van der Waals surface area contributed by atoms with Gasteiger partial charge < -0.3 is 10.2 Å². The summed E-state index contributed by atoms with van der Waals surface area (Å²) in [6, 6.07) is 4.97. The van der Waals surface area contributed by atoms with Crippen LogP contribution < -0.4 is 5.32 Å². The van der Waals surface area contributed by atoms with Crippen molar-refractivity contribution in [3.8, 4) is 0 Å². The van der Waals surface area contributed by atoms with Gasteiger partial charge in [-0.05, 0) is 31.0 Å². The largest absolute Gasteiger partial charge is 0.339 e. The van der Waals surface area contributed by atoms with Gasteiger partial charge in [-0.3, -0.25) is 9.59 Å². The SMILES string of the molecule is CCC(=O)Nc1cc(Cl)ccc1C(=O)N1CCCC1. The molecule has 0 aromatic heterocycles. The second-order valence-corrected chi connectivity index (χ2v) is 5.03. The molecule has 0 aliphatic carbocycles. The lowest BCUT2D eigenvalue weighted by Crippen LogP contribution is -2.28. The van der Waals surface area contributed by atoms with Gasteiger partial charge in [0.15, 0.2) is 0 Å². The van der Waals surface area contributed by atoms with Crippen molar-refractivity contribution in [1.29, 1.82) is 0 Å². The van der Waals surface area contributed by atoms with Crippen LogP contribution in [0, 0.1) is 0 Å². The molecule has 0 atom stereocenters. The molecular weight excluding hydrogens is 264 g/mol. The van der Waals surface area contributed by atoms with Gasteiger partial charge in [0.25, 0.3) is 5.91 Å². The number of hydrogen-bond acceptors (Lipinski definition) is 2. The van der Waals surface area contributed by atoms with E-state index in [1.165, 1.54) is 0 Å². The molecule has 1 N–H and O–H groups in total. The van der Waals surface area contributed by atoms with Gasteiger partial charge in [0.1, 0.15) is 0 Å². The molecule has 1 heterocycles. The smallest absolute Gasteiger partial charge is 0.255 e. The Morgan fingerprint density at radius 1 is 1.32 bits per heavy atom. The van der Waals surface area contributed by atoms with Crippen LogP contribution in [0.25, 0.3) is 0 Å². The number of halogens is 1. The first-order valence-corrected chi connectivity index (χ1v) is 6.88. The van der Waals surface area contributed by atoms with Gasteiger partial charge in [0.2, 0.25) is 5.91 Å². The quantitative estimate of drug-likeness (QED) is 0.925. The van der Waals surface area contributed by atoms with Crippen molar-refractivity contribution in [1.82, 2.24) is 4.90 Å². The lowest BCUT2D eigenvalue weighted by Gasteiger charge is -2.18. The summed E-state index contributed by atoms with van der Waals surface area (Å²) in [6.45, 7) is 3.33. The molecule has 1 aliphatic rings. The number of carbonyl (C=O) groups excluding carboxylic acids is 2. The molecule has 0 spiro atoms. The summed E-state index contributed by atoms with van der Waals surface area (Å²) < 4.78 is 0. The van der Waals surface area contributed by atoms with Crippen LogP contribution in [0.1, 0.15) is 36.5 Å². The molecule has 4 nitrogen and oxygen atoms in total. The van der Waals surface area contributed by atoms with Gasteiger partial charge in [-0.15, -0.1) is 0 Å². The molecule has 5 heteroatoms. The fourth-order valence-corrected chi connectivity index (χ4v) is 2.31. The van der Waals surface area contributed by atoms with E-state index in [1.54, 1.807) is 25.1 Å². The van der Waals surface area contributed by atoms with E-state index in [4.69, 9.17) is 11.6 Å². The van der Waals surface area contributed by atoms with Crippen LogP contribution in [0.3, 0.4) is 0 Å². The maximum atomic E-state index is 12.4. The first-order valence-electron chi connectivity index (χ1n) is 6.50. The van der Waals surface area contributed by atoms with Crippen molar-refractivity contribution in [2.24, 2.45) is 0 Å². The number of hydrogen-bond donors (Lipinski definition) is 1. The highest BCUT2D eigenvalue weighted by molar-refractivity contribution is 6.31. The number of benzene rings is 1. The monoisotopic (exact) mass is 280 g/mol. The lowest BCUT2D eigenvalue weighted by molar-refractivity contribution is -0.115.